The third kappa shape index (κ3) is 3.06. The SMILES string of the molecule is CCc1ncnc(NC[C@@H]2CC(=O)N(C)[C@H]2c2cccnc2)c1F. The van der Waals surface area contributed by atoms with E-state index >= 15 is 0 Å². The summed E-state index contributed by atoms with van der Waals surface area (Å²) in [5, 5.41) is 3.05. The number of carbonyl (C=O) groups excluding carboxylic acids is 1. The van der Waals surface area contributed by atoms with Crippen molar-refractivity contribution in [3.05, 3.63) is 47.9 Å². The van der Waals surface area contributed by atoms with Crippen LogP contribution < -0.4 is 5.32 Å². The Hall–Kier alpha value is -2.57. The number of nitrogens with one attached hydrogen (secondary N) is 1. The van der Waals surface area contributed by atoms with Crippen molar-refractivity contribution in [2.24, 2.45) is 5.92 Å². The van der Waals surface area contributed by atoms with Crippen LogP contribution >= 0.6 is 0 Å². The summed E-state index contributed by atoms with van der Waals surface area (Å²) in [6, 6.07) is 3.74. The van der Waals surface area contributed by atoms with Crippen LogP contribution in [0.25, 0.3) is 0 Å². The van der Waals surface area contributed by atoms with E-state index in [1.165, 1.54) is 6.33 Å². The minimum Gasteiger partial charge on any atom is -0.367 e. The Balaban J connectivity index is 1.77. The van der Waals surface area contributed by atoms with Gasteiger partial charge in [0, 0.05) is 38.3 Å². The van der Waals surface area contributed by atoms with Crippen molar-refractivity contribution in [1.82, 2.24) is 19.9 Å². The zero-order valence-electron chi connectivity index (χ0n) is 13.7. The summed E-state index contributed by atoms with van der Waals surface area (Å²) in [5.74, 6) is -0.136. The molecule has 1 fully saturated rings. The molecule has 3 rings (SSSR count). The van der Waals surface area contributed by atoms with E-state index in [0.29, 0.717) is 25.1 Å². The smallest absolute Gasteiger partial charge is 0.223 e. The van der Waals surface area contributed by atoms with Gasteiger partial charge in [-0.2, -0.15) is 0 Å². The molecule has 1 amide bonds. The first kappa shape index (κ1) is 16.3. The summed E-state index contributed by atoms with van der Waals surface area (Å²) in [5.41, 5.74) is 1.37. The summed E-state index contributed by atoms with van der Waals surface area (Å²) in [6.45, 7) is 2.30. The largest absolute Gasteiger partial charge is 0.367 e. The summed E-state index contributed by atoms with van der Waals surface area (Å²) in [6.07, 6.45) is 5.75. The number of aromatic nitrogens is 3. The molecular weight excluding hydrogens is 309 g/mol. The first-order valence-electron chi connectivity index (χ1n) is 8.00. The van der Waals surface area contributed by atoms with Crippen molar-refractivity contribution >= 4 is 11.7 Å². The molecule has 1 aliphatic heterocycles. The number of hydrogen-bond acceptors (Lipinski definition) is 5. The molecule has 0 bridgehead atoms. The highest BCUT2D eigenvalue weighted by molar-refractivity contribution is 5.79. The lowest BCUT2D eigenvalue weighted by Crippen LogP contribution is -2.27. The average Bonchev–Trinajstić information content (AvgIpc) is 2.89. The van der Waals surface area contributed by atoms with E-state index in [1.807, 2.05) is 19.1 Å². The Morgan fingerprint density at radius 2 is 2.25 bits per heavy atom. The number of aryl methyl sites for hydroxylation is 1. The van der Waals surface area contributed by atoms with Gasteiger partial charge in [0.15, 0.2) is 11.6 Å². The zero-order chi connectivity index (χ0) is 17.1. The number of pyridine rings is 1. The number of halogens is 1. The van der Waals surface area contributed by atoms with E-state index in [2.05, 4.69) is 20.3 Å². The average molecular weight is 329 g/mol. The molecule has 1 aliphatic rings. The van der Waals surface area contributed by atoms with Crippen molar-refractivity contribution in [3.8, 4) is 0 Å². The molecule has 0 unspecified atom stereocenters. The fourth-order valence-corrected chi connectivity index (χ4v) is 3.19. The van der Waals surface area contributed by atoms with E-state index in [4.69, 9.17) is 0 Å². The molecule has 1 saturated heterocycles. The molecular formula is C17H20FN5O. The minimum absolute atomic E-state index is 0.0196. The fourth-order valence-electron chi connectivity index (χ4n) is 3.19. The number of nitrogens with zero attached hydrogens (tertiary/aromatic N) is 4. The standard InChI is InChI=1S/C17H20FN5O/c1-3-13-15(18)17(22-10-21-13)20-9-12-7-14(24)23(2)16(12)11-5-4-6-19-8-11/h4-6,8,10,12,16H,3,7,9H2,1-2H3,(H,20,21,22)/t12-,16-/m0/s1. The third-order valence-corrected chi connectivity index (χ3v) is 4.45. The molecule has 0 saturated carbocycles. The van der Waals surface area contributed by atoms with Gasteiger partial charge < -0.3 is 10.2 Å². The molecule has 0 aliphatic carbocycles. The van der Waals surface area contributed by atoms with Gasteiger partial charge >= 0.3 is 0 Å². The van der Waals surface area contributed by atoms with Crippen LogP contribution in [0.5, 0.6) is 0 Å². The number of hydrogen-bond donors (Lipinski definition) is 1. The van der Waals surface area contributed by atoms with Crippen LogP contribution in [0, 0.1) is 11.7 Å². The predicted molar refractivity (Wildman–Crippen MR) is 87.7 cm³/mol. The lowest BCUT2D eigenvalue weighted by molar-refractivity contribution is -0.127. The second kappa shape index (κ2) is 6.90. The number of likely N-dealkylation sites (tertiary alicyclic amines) is 1. The lowest BCUT2D eigenvalue weighted by atomic mass is 9.94. The molecule has 2 aromatic heterocycles. The monoisotopic (exact) mass is 329 g/mol. The van der Waals surface area contributed by atoms with Gasteiger partial charge in [0.2, 0.25) is 5.91 Å². The van der Waals surface area contributed by atoms with E-state index in [9.17, 15) is 9.18 Å². The van der Waals surface area contributed by atoms with Gasteiger partial charge in [-0.15, -0.1) is 0 Å². The van der Waals surface area contributed by atoms with E-state index < -0.39 is 5.82 Å². The Morgan fingerprint density at radius 1 is 1.42 bits per heavy atom. The molecule has 3 heterocycles. The van der Waals surface area contributed by atoms with Gasteiger partial charge in [-0.1, -0.05) is 13.0 Å². The van der Waals surface area contributed by atoms with Crippen LogP contribution in [0.15, 0.2) is 30.9 Å². The molecule has 0 spiro atoms. The van der Waals surface area contributed by atoms with E-state index in [0.717, 1.165) is 5.56 Å². The molecule has 0 radical (unpaired) electrons. The molecule has 126 valence electrons. The zero-order valence-corrected chi connectivity index (χ0v) is 13.7. The Bertz CT molecular complexity index is 724. The Morgan fingerprint density at radius 3 is 2.96 bits per heavy atom. The van der Waals surface area contributed by atoms with Crippen LogP contribution in [0.1, 0.15) is 30.6 Å². The van der Waals surface area contributed by atoms with Gasteiger partial charge in [0.25, 0.3) is 0 Å². The molecule has 0 aromatic carbocycles. The molecule has 24 heavy (non-hydrogen) atoms. The van der Waals surface area contributed by atoms with Gasteiger partial charge in [0.05, 0.1) is 11.7 Å². The van der Waals surface area contributed by atoms with Gasteiger partial charge in [-0.05, 0) is 18.1 Å². The maximum Gasteiger partial charge on any atom is 0.223 e. The fraction of sp³-hybridized carbons (Fsp3) is 0.412. The van der Waals surface area contributed by atoms with E-state index in [1.54, 1.807) is 24.3 Å². The summed E-state index contributed by atoms with van der Waals surface area (Å²) >= 11 is 0. The van der Waals surface area contributed by atoms with E-state index in [-0.39, 0.29) is 23.7 Å². The Kier molecular flexibility index (Phi) is 4.69. The second-order valence-electron chi connectivity index (χ2n) is 5.92. The van der Waals surface area contributed by atoms with Crippen LogP contribution in [-0.4, -0.2) is 39.4 Å². The molecule has 2 aromatic rings. The van der Waals surface area contributed by atoms with Crippen molar-refractivity contribution < 1.29 is 9.18 Å². The Labute approximate surface area is 140 Å². The number of anilines is 1. The van der Waals surface area contributed by atoms with Crippen molar-refractivity contribution in [1.29, 1.82) is 0 Å². The first-order valence-corrected chi connectivity index (χ1v) is 8.00. The second-order valence-corrected chi connectivity index (χ2v) is 5.92. The number of carbonyl (C=O) groups is 1. The van der Waals surface area contributed by atoms with Gasteiger partial charge in [-0.3, -0.25) is 9.78 Å². The van der Waals surface area contributed by atoms with Crippen molar-refractivity contribution in [2.45, 2.75) is 25.8 Å². The molecule has 7 heteroatoms. The number of amides is 1. The molecule has 2 atom stereocenters. The first-order chi connectivity index (χ1) is 11.6. The van der Waals surface area contributed by atoms with Crippen LogP contribution in [-0.2, 0) is 11.2 Å². The maximum atomic E-state index is 14.2. The maximum absolute atomic E-state index is 14.2. The van der Waals surface area contributed by atoms with Crippen LogP contribution in [0.2, 0.25) is 0 Å². The highest BCUT2D eigenvalue weighted by atomic mass is 19.1. The highest BCUT2D eigenvalue weighted by Gasteiger charge is 2.38. The van der Waals surface area contributed by atoms with Crippen LogP contribution in [0.4, 0.5) is 10.2 Å². The normalized spacial score (nSPS) is 20.5. The highest BCUT2D eigenvalue weighted by Crippen LogP contribution is 2.36. The topological polar surface area (TPSA) is 71.0 Å². The minimum atomic E-state index is -0.421. The van der Waals surface area contributed by atoms with Gasteiger partial charge in [0.1, 0.15) is 6.33 Å². The summed E-state index contributed by atoms with van der Waals surface area (Å²) < 4.78 is 14.2. The molecule has 6 nitrogen and oxygen atoms in total. The van der Waals surface area contributed by atoms with Crippen molar-refractivity contribution in [3.63, 3.8) is 0 Å². The lowest BCUT2D eigenvalue weighted by Gasteiger charge is -2.25. The summed E-state index contributed by atoms with van der Waals surface area (Å²) in [7, 11) is 1.79. The number of rotatable bonds is 5. The van der Waals surface area contributed by atoms with Crippen LogP contribution in [0.3, 0.4) is 0 Å². The van der Waals surface area contributed by atoms with Gasteiger partial charge in [-0.25, -0.2) is 14.4 Å². The third-order valence-electron chi connectivity index (χ3n) is 4.45. The predicted octanol–water partition coefficient (Wildman–Crippen LogP) is 2.20. The molecule has 1 N–H and O–H groups in total. The van der Waals surface area contributed by atoms with Crippen molar-refractivity contribution in [2.75, 3.05) is 18.9 Å². The summed E-state index contributed by atoms with van der Waals surface area (Å²) in [4.78, 5) is 25.9. The quantitative estimate of drug-likeness (QED) is 0.910.